The van der Waals surface area contributed by atoms with E-state index in [1.165, 1.54) is 25.1 Å². The van der Waals surface area contributed by atoms with Gasteiger partial charge in [-0.25, -0.2) is 0 Å². The van der Waals surface area contributed by atoms with Crippen molar-refractivity contribution in [2.24, 2.45) is 0 Å². The van der Waals surface area contributed by atoms with Gasteiger partial charge in [-0.15, -0.1) is 0 Å². The summed E-state index contributed by atoms with van der Waals surface area (Å²) in [5, 5.41) is 10.8. The Labute approximate surface area is 150 Å². The Morgan fingerprint density at radius 3 is 2.54 bits per heavy atom. The molecule has 0 saturated heterocycles. The largest absolute Gasteiger partial charge is 0.483 e. The SMILES string of the molecule is CCc1ccccc1OCC(=O)NNC(=O)c1ccc([N+](=O)[O-])c(C)c1. The van der Waals surface area contributed by atoms with E-state index >= 15 is 0 Å². The van der Waals surface area contributed by atoms with Gasteiger partial charge in [0.1, 0.15) is 5.75 Å². The molecule has 0 radical (unpaired) electrons. The van der Waals surface area contributed by atoms with Crippen molar-refractivity contribution >= 4 is 17.5 Å². The highest BCUT2D eigenvalue weighted by atomic mass is 16.6. The summed E-state index contributed by atoms with van der Waals surface area (Å²) < 4.78 is 5.45. The van der Waals surface area contributed by atoms with Crippen LogP contribution in [0, 0.1) is 17.0 Å². The average Bonchev–Trinajstić information content (AvgIpc) is 2.64. The van der Waals surface area contributed by atoms with Gasteiger partial charge in [0.2, 0.25) is 0 Å². The van der Waals surface area contributed by atoms with Gasteiger partial charge in [-0.3, -0.25) is 30.6 Å². The number of hydrogen-bond acceptors (Lipinski definition) is 5. The molecule has 0 bridgehead atoms. The lowest BCUT2D eigenvalue weighted by Gasteiger charge is -2.11. The third kappa shape index (κ3) is 4.79. The van der Waals surface area contributed by atoms with E-state index in [1.54, 1.807) is 6.07 Å². The minimum absolute atomic E-state index is 0.0754. The van der Waals surface area contributed by atoms with E-state index in [-0.39, 0.29) is 17.9 Å². The van der Waals surface area contributed by atoms with E-state index in [9.17, 15) is 19.7 Å². The predicted octanol–water partition coefficient (Wildman–Crippen LogP) is 2.31. The minimum Gasteiger partial charge on any atom is -0.483 e. The summed E-state index contributed by atoms with van der Waals surface area (Å²) >= 11 is 0. The number of carbonyl (C=O) groups is 2. The zero-order valence-corrected chi connectivity index (χ0v) is 14.4. The van der Waals surface area contributed by atoms with Crippen molar-refractivity contribution in [2.45, 2.75) is 20.3 Å². The summed E-state index contributed by atoms with van der Waals surface area (Å²) in [6, 6.07) is 11.3. The topological polar surface area (TPSA) is 111 Å². The maximum absolute atomic E-state index is 12.0. The van der Waals surface area contributed by atoms with Gasteiger partial charge in [-0.05, 0) is 37.1 Å². The first-order valence-electron chi connectivity index (χ1n) is 7.97. The predicted molar refractivity (Wildman–Crippen MR) is 94.8 cm³/mol. The van der Waals surface area contributed by atoms with Crippen molar-refractivity contribution in [3.63, 3.8) is 0 Å². The van der Waals surface area contributed by atoms with Gasteiger partial charge in [0.25, 0.3) is 17.5 Å². The lowest BCUT2D eigenvalue weighted by atomic mass is 10.1. The summed E-state index contributed by atoms with van der Waals surface area (Å²) in [6.45, 7) is 3.26. The molecule has 0 heterocycles. The number of hydrazine groups is 1. The first-order chi connectivity index (χ1) is 12.4. The molecular weight excluding hydrogens is 338 g/mol. The van der Waals surface area contributed by atoms with E-state index in [4.69, 9.17) is 4.74 Å². The fourth-order valence-electron chi connectivity index (χ4n) is 2.32. The van der Waals surface area contributed by atoms with Crippen LogP contribution >= 0.6 is 0 Å². The number of amides is 2. The molecule has 0 aliphatic rings. The number of carbonyl (C=O) groups excluding carboxylic acids is 2. The molecule has 0 aromatic heterocycles. The summed E-state index contributed by atoms with van der Waals surface area (Å²) in [4.78, 5) is 34.1. The number of para-hydroxylation sites is 1. The Morgan fingerprint density at radius 1 is 1.15 bits per heavy atom. The molecule has 2 aromatic rings. The number of nitrogens with one attached hydrogen (secondary N) is 2. The van der Waals surface area contributed by atoms with Gasteiger partial charge >= 0.3 is 0 Å². The van der Waals surface area contributed by atoms with Crippen molar-refractivity contribution in [3.8, 4) is 5.75 Å². The molecule has 0 saturated carbocycles. The molecule has 8 nitrogen and oxygen atoms in total. The van der Waals surface area contributed by atoms with Crippen molar-refractivity contribution in [1.82, 2.24) is 10.9 Å². The highest BCUT2D eigenvalue weighted by Gasteiger charge is 2.14. The van der Waals surface area contributed by atoms with Crippen molar-refractivity contribution in [1.29, 1.82) is 0 Å². The third-order valence-electron chi connectivity index (χ3n) is 3.68. The van der Waals surface area contributed by atoms with Crippen LogP contribution in [-0.4, -0.2) is 23.3 Å². The van der Waals surface area contributed by atoms with Crippen LogP contribution < -0.4 is 15.6 Å². The van der Waals surface area contributed by atoms with E-state index in [2.05, 4.69) is 10.9 Å². The third-order valence-corrected chi connectivity index (χ3v) is 3.68. The van der Waals surface area contributed by atoms with Gasteiger partial charge in [-0.2, -0.15) is 0 Å². The fourth-order valence-corrected chi connectivity index (χ4v) is 2.32. The van der Waals surface area contributed by atoms with E-state index < -0.39 is 16.7 Å². The molecule has 2 amide bonds. The van der Waals surface area contributed by atoms with Crippen LogP contribution in [-0.2, 0) is 11.2 Å². The molecule has 0 spiro atoms. The molecule has 26 heavy (non-hydrogen) atoms. The van der Waals surface area contributed by atoms with Gasteiger partial charge in [0, 0.05) is 17.2 Å². The fraction of sp³-hybridized carbons (Fsp3) is 0.222. The lowest BCUT2D eigenvalue weighted by molar-refractivity contribution is -0.385. The van der Waals surface area contributed by atoms with Gasteiger partial charge in [0.15, 0.2) is 6.61 Å². The number of aryl methyl sites for hydroxylation is 2. The monoisotopic (exact) mass is 357 g/mol. The standard InChI is InChI=1S/C18H19N3O5/c1-3-13-6-4-5-7-16(13)26-11-17(22)19-20-18(23)14-8-9-15(21(24)25)12(2)10-14/h4-10H,3,11H2,1-2H3,(H,19,22)(H,20,23). The number of ether oxygens (including phenoxy) is 1. The second-order valence-corrected chi connectivity index (χ2v) is 5.51. The summed E-state index contributed by atoms with van der Waals surface area (Å²) in [7, 11) is 0. The number of nitro groups is 1. The molecule has 0 aliphatic heterocycles. The normalized spacial score (nSPS) is 10.1. The van der Waals surface area contributed by atoms with Crippen LogP contribution in [0.15, 0.2) is 42.5 Å². The van der Waals surface area contributed by atoms with Crippen molar-refractivity contribution in [2.75, 3.05) is 6.61 Å². The summed E-state index contributed by atoms with van der Waals surface area (Å²) in [6.07, 6.45) is 0.772. The Morgan fingerprint density at radius 2 is 1.88 bits per heavy atom. The van der Waals surface area contributed by atoms with Crippen LogP contribution in [0.3, 0.4) is 0 Å². The quantitative estimate of drug-likeness (QED) is 0.609. The molecule has 2 aromatic carbocycles. The van der Waals surface area contributed by atoms with Crippen LogP contribution in [0.1, 0.15) is 28.4 Å². The van der Waals surface area contributed by atoms with Gasteiger partial charge < -0.3 is 4.74 Å². The van der Waals surface area contributed by atoms with Gasteiger partial charge in [0.05, 0.1) is 4.92 Å². The Bertz CT molecular complexity index is 835. The molecular formula is C18H19N3O5. The molecule has 2 rings (SSSR count). The van der Waals surface area contributed by atoms with Gasteiger partial charge in [-0.1, -0.05) is 25.1 Å². The van der Waals surface area contributed by atoms with Crippen LogP contribution in [0.5, 0.6) is 5.75 Å². The maximum Gasteiger partial charge on any atom is 0.276 e. The Kier molecular flexibility index (Phi) is 6.26. The molecule has 0 aliphatic carbocycles. The second-order valence-electron chi connectivity index (χ2n) is 5.51. The Hall–Kier alpha value is -3.42. The van der Waals surface area contributed by atoms with E-state index in [0.29, 0.717) is 11.3 Å². The number of rotatable bonds is 6. The van der Waals surface area contributed by atoms with E-state index in [0.717, 1.165) is 12.0 Å². The lowest BCUT2D eigenvalue weighted by Crippen LogP contribution is -2.43. The molecule has 8 heteroatoms. The highest BCUT2D eigenvalue weighted by molar-refractivity contribution is 5.95. The minimum atomic E-state index is -0.578. The molecule has 2 N–H and O–H groups in total. The summed E-state index contributed by atoms with van der Waals surface area (Å²) in [5.41, 5.74) is 5.96. The zero-order valence-electron chi connectivity index (χ0n) is 14.4. The number of hydrogen-bond donors (Lipinski definition) is 2. The number of nitro benzene ring substituents is 1. The van der Waals surface area contributed by atoms with E-state index in [1.807, 2.05) is 25.1 Å². The second kappa shape index (κ2) is 8.61. The van der Waals surface area contributed by atoms with Crippen molar-refractivity contribution < 1.29 is 19.2 Å². The highest BCUT2D eigenvalue weighted by Crippen LogP contribution is 2.19. The molecule has 0 atom stereocenters. The smallest absolute Gasteiger partial charge is 0.276 e. The molecule has 136 valence electrons. The molecule has 0 unspecified atom stereocenters. The van der Waals surface area contributed by atoms with Crippen LogP contribution in [0.25, 0.3) is 0 Å². The zero-order chi connectivity index (χ0) is 19.1. The number of nitrogens with zero attached hydrogens (tertiary/aromatic N) is 1. The van der Waals surface area contributed by atoms with Crippen LogP contribution in [0.4, 0.5) is 5.69 Å². The van der Waals surface area contributed by atoms with Crippen LogP contribution in [0.2, 0.25) is 0 Å². The Balaban J connectivity index is 1.88. The molecule has 0 fully saturated rings. The first kappa shape index (κ1) is 18.9. The van der Waals surface area contributed by atoms with Crippen molar-refractivity contribution in [3.05, 3.63) is 69.3 Å². The number of benzene rings is 2. The first-order valence-corrected chi connectivity index (χ1v) is 7.97. The maximum atomic E-state index is 12.0. The summed E-state index contributed by atoms with van der Waals surface area (Å²) in [5.74, 6) is -0.490. The average molecular weight is 357 g/mol.